The van der Waals surface area contributed by atoms with Gasteiger partial charge in [0, 0.05) is 17.7 Å². The molecule has 0 bridgehead atoms. The first kappa shape index (κ1) is 19.1. The number of hydrogen-bond acceptors (Lipinski definition) is 5. The van der Waals surface area contributed by atoms with Crippen LogP contribution in [0.25, 0.3) is 0 Å². The molecule has 2 aromatic carbocycles. The summed E-state index contributed by atoms with van der Waals surface area (Å²) in [4.78, 5) is 14.3. The van der Waals surface area contributed by atoms with Crippen LogP contribution < -0.4 is 4.74 Å². The molecular formula is C20H25NO4. The molecule has 0 saturated carbocycles. The van der Waals surface area contributed by atoms with E-state index in [0.29, 0.717) is 23.4 Å². The van der Waals surface area contributed by atoms with Gasteiger partial charge in [0.2, 0.25) is 0 Å². The van der Waals surface area contributed by atoms with E-state index in [2.05, 4.69) is 0 Å². The average molecular weight is 343 g/mol. The van der Waals surface area contributed by atoms with Gasteiger partial charge in [-0.2, -0.15) is 0 Å². The molecule has 2 aromatic rings. The largest absolute Gasteiger partial charge is 0.493 e. The zero-order chi connectivity index (χ0) is 18.3. The van der Waals surface area contributed by atoms with Crippen molar-refractivity contribution in [2.75, 3.05) is 40.5 Å². The molecule has 0 aliphatic rings. The Bertz CT molecular complexity index is 664. The number of hydrogen-bond donors (Lipinski definition) is 2. The number of ether oxygens (including phenoxy) is 1. The van der Waals surface area contributed by atoms with Crippen molar-refractivity contribution in [2.24, 2.45) is 5.41 Å². The molecule has 2 rings (SSSR count). The lowest BCUT2D eigenvalue weighted by Gasteiger charge is -2.32. The first-order valence-electron chi connectivity index (χ1n) is 8.19. The Morgan fingerprint density at radius 2 is 1.52 bits per heavy atom. The molecule has 25 heavy (non-hydrogen) atoms. The smallest absolute Gasteiger partial charge is 0.193 e. The average Bonchev–Trinajstić information content (AvgIpc) is 2.65. The van der Waals surface area contributed by atoms with Crippen molar-refractivity contribution in [1.29, 1.82) is 0 Å². The molecule has 0 amide bonds. The second kappa shape index (κ2) is 8.76. The highest BCUT2D eigenvalue weighted by Gasteiger charge is 2.30. The van der Waals surface area contributed by atoms with Crippen LogP contribution in [-0.4, -0.2) is 61.4 Å². The second-order valence-electron chi connectivity index (χ2n) is 6.56. The van der Waals surface area contributed by atoms with E-state index in [1.807, 2.05) is 37.2 Å². The molecule has 0 aliphatic heterocycles. The maximum Gasteiger partial charge on any atom is 0.193 e. The Balaban J connectivity index is 2.04. The molecule has 0 saturated heterocycles. The summed E-state index contributed by atoms with van der Waals surface area (Å²) in [5.74, 6) is 0.550. The number of benzene rings is 2. The van der Waals surface area contributed by atoms with Gasteiger partial charge >= 0.3 is 0 Å². The van der Waals surface area contributed by atoms with Crippen LogP contribution in [0.1, 0.15) is 15.9 Å². The topological polar surface area (TPSA) is 70.0 Å². The highest BCUT2D eigenvalue weighted by molar-refractivity contribution is 6.08. The zero-order valence-corrected chi connectivity index (χ0v) is 14.7. The molecule has 0 fully saturated rings. The first-order valence-corrected chi connectivity index (χ1v) is 8.19. The summed E-state index contributed by atoms with van der Waals surface area (Å²) in [6, 6.07) is 16.0. The van der Waals surface area contributed by atoms with Crippen LogP contribution in [0.3, 0.4) is 0 Å². The minimum atomic E-state index is -0.734. The summed E-state index contributed by atoms with van der Waals surface area (Å²) >= 11 is 0. The van der Waals surface area contributed by atoms with E-state index in [0.717, 1.165) is 0 Å². The van der Waals surface area contributed by atoms with Crippen molar-refractivity contribution in [1.82, 2.24) is 4.90 Å². The minimum absolute atomic E-state index is 0.0418. The third-order valence-corrected chi connectivity index (χ3v) is 4.02. The van der Waals surface area contributed by atoms with Gasteiger partial charge in [-0.3, -0.25) is 4.79 Å². The van der Waals surface area contributed by atoms with E-state index in [-0.39, 0.29) is 25.6 Å². The second-order valence-corrected chi connectivity index (χ2v) is 6.56. The molecule has 0 atom stereocenters. The highest BCUT2D eigenvalue weighted by atomic mass is 16.5. The van der Waals surface area contributed by atoms with Gasteiger partial charge in [-0.1, -0.05) is 30.3 Å². The summed E-state index contributed by atoms with van der Waals surface area (Å²) in [7, 11) is 3.76. The van der Waals surface area contributed by atoms with E-state index in [4.69, 9.17) is 4.74 Å². The van der Waals surface area contributed by atoms with Gasteiger partial charge in [-0.15, -0.1) is 0 Å². The molecule has 0 spiro atoms. The quantitative estimate of drug-likeness (QED) is 0.680. The van der Waals surface area contributed by atoms with Crippen molar-refractivity contribution in [3.8, 4) is 5.75 Å². The van der Waals surface area contributed by atoms with Gasteiger partial charge in [-0.05, 0) is 38.4 Å². The lowest BCUT2D eigenvalue weighted by molar-refractivity contribution is -0.00316. The van der Waals surface area contributed by atoms with Crippen molar-refractivity contribution in [2.45, 2.75) is 0 Å². The molecule has 134 valence electrons. The number of ketones is 1. The van der Waals surface area contributed by atoms with Crippen molar-refractivity contribution in [3.63, 3.8) is 0 Å². The maximum atomic E-state index is 12.4. The van der Waals surface area contributed by atoms with Crippen molar-refractivity contribution in [3.05, 3.63) is 65.7 Å². The van der Waals surface area contributed by atoms with E-state index < -0.39 is 5.41 Å². The molecule has 5 heteroatoms. The zero-order valence-electron chi connectivity index (χ0n) is 14.7. The number of carbonyl (C=O) groups is 1. The third-order valence-electron chi connectivity index (χ3n) is 4.02. The molecule has 0 unspecified atom stereocenters. The fraction of sp³-hybridized carbons (Fsp3) is 0.350. The Morgan fingerprint density at radius 3 is 2.04 bits per heavy atom. The van der Waals surface area contributed by atoms with Crippen LogP contribution in [-0.2, 0) is 0 Å². The Hall–Kier alpha value is -2.21. The predicted octanol–water partition coefficient (Wildman–Crippen LogP) is 1.83. The predicted molar refractivity (Wildman–Crippen MR) is 97.0 cm³/mol. The van der Waals surface area contributed by atoms with E-state index in [9.17, 15) is 15.0 Å². The van der Waals surface area contributed by atoms with E-state index in [1.165, 1.54) is 0 Å². The highest BCUT2D eigenvalue weighted by Crippen LogP contribution is 2.21. The Labute approximate surface area is 148 Å². The van der Waals surface area contributed by atoms with Crippen LogP contribution >= 0.6 is 0 Å². The van der Waals surface area contributed by atoms with E-state index in [1.54, 1.807) is 36.4 Å². The van der Waals surface area contributed by atoms with Gasteiger partial charge < -0.3 is 19.8 Å². The number of carbonyl (C=O) groups excluding carboxylic acids is 1. The molecule has 0 radical (unpaired) electrons. The molecule has 2 N–H and O–H groups in total. The normalized spacial score (nSPS) is 11.6. The molecular weight excluding hydrogens is 318 g/mol. The van der Waals surface area contributed by atoms with Crippen LogP contribution in [0.4, 0.5) is 0 Å². The molecule has 5 nitrogen and oxygen atoms in total. The SMILES string of the molecule is CN(C)CC(CO)(CO)COc1ccc(C(=O)c2ccccc2)cc1. The molecule has 0 aromatic heterocycles. The monoisotopic (exact) mass is 343 g/mol. The van der Waals surface area contributed by atoms with Crippen LogP contribution in [0, 0.1) is 5.41 Å². The number of nitrogens with zero attached hydrogens (tertiary/aromatic N) is 1. The standard InChI is InChI=1S/C20H25NO4/c1-21(2)12-20(13-22,14-23)15-25-18-10-8-17(9-11-18)19(24)16-6-4-3-5-7-16/h3-11,22-23H,12-15H2,1-2H3. The van der Waals surface area contributed by atoms with Crippen molar-refractivity contribution < 1.29 is 19.7 Å². The summed E-state index contributed by atoms with van der Waals surface area (Å²) < 4.78 is 5.74. The van der Waals surface area contributed by atoms with Crippen LogP contribution in [0.2, 0.25) is 0 Å². The summed E-state index contributed by atoms with van der Waals surface area (Å²) in [5.41, 5.74) is 0.492. The molecule has 0 heterocycles. The van der Waals surface area contributed by atoms with Crippen LogP contribution in [0.5, 0.6) is 5.75 Å². The number of aliphatic hydroxyl groups is 2. The number of rotatable bonds is 9. The minimum Gasteiger partial charge on any atom is -0.493 e. The van der Waals surface area contributed by atoms with Gasteiger partial charge in [0.05, 0.1) is 25.2 Å². The van der Waals surface area contributed by atoms with Crippen molar-refractivity contribution >= 4 is 5.78 Å². The lowest BCUT2D eigenvalue weighted by atomic mass is 9.90. The van der Waals surface area contributed by atoms with Gasteiger partial charge in [0.25, 0.3) is 0 Å². The van der Waals surface area contributed by atoms with E-state index >= 15 is 0 Å². The fourth-order valence-corrected chi connectivity index (χ4v) is 2.65. The van der Waals surface area contributed by atoms with Crippen LogP contribution in [0.15, 0.2) is 54.6 Å². The van der Waals surface area contributed by atoms with Gasteiger partial charge in [0.1, 0.15) is 5.75 Å². The first-order chi connectivity index (χ1) is 12.0. The Kier molecular flexibility index (Phi) is 6.70. The Morgan fingerprint density at radius 1 is 0.960 bits per heavy atom. The summed E-state index contributed by atoms with van der Waals surface area (Å²) in [6.45, 7) is 0.341. The third kappa shape index (κ3) is 5.13. The lowest BCUT2D eigenvalue weighted by Crippen LogP contribution is -2.44. The molecule has 0 aliphatic carbocycles. The summed E-state index contributed by atoms with van der Waals surface area (Å²) in [6.07, 6.45) is 0. The summed E-state index contributed by atoms with van der Waals surface area (Å²) in [5, 5.41) is 19.3. The van der Waals surface area contributed by atoms with Gasteiger partial charge in [0.15, 0.2) is 5.78 Å². The van der Waals surface area contributed by atoms with Gasteiger partial charge in [-0.25, -0.2) is 0 Å². The fourth-order valence-electron chi connectivity index (χ4n) is 2.65. The maximum absolute atomic E-state index is 12.4. The number of aliphatic hydroxyl groups excluding tert-OH is 2.